The molecule has 3 aromatic rings. The fraction of sp³-hybridized carbons (Fsp3) is 0.450. The molecule has 1 fully saturated rings. The summed E-state index contributed by atoms with van der Waals surface area (Å²) in [5, 5.41) is 0. The number of hydrogen-bond donors (Lipinski definition) is 2. The Morgan fingerprint density at radius 3 is 2.62 bits per heavy atom. The van der Waals surface area contributed by atoms with Gasteiger partial charge in [0, 0.05) is 12.6 Å². The summed E-state index contributed by atoms with van der Waals surface area (Å²) in [5.41, 5.74) is 0.000398. The topological polar surface area (TPSA) is 86.4 Å². The highest BCUT2D eigenvalue weighted by atomic mass is 19.1. The van der Waals surface area contributed by atoms with Gasteiger partial charge in [0.1, 0.15) is 37.7 Å². The molecule has 29 heavy (non-hydrogen) atoms. The minimum Gasteiger partial charge on any atom is -0.364 e. The van der Waals surface area contributed by atoms with E-state index in [1.165, 1.54) is 15.5 Å². The Bertz CT molecular complexity index is 1160. The van der Waals surface area contributed by atoms with Gasteiger partial charge in [-0.05, 0) is 19.9 Å². The highest BCUT2D eigenvalue weighted by Gasteiger charge is 2.28. The van der Waals surface area contributed by atoms with Gasteiger partial charge in [-0.1, -0.05) is 18.2 Å². The lowest BCUT2D eigenvalue weighted by Crippen LogP contribution is -3.14. The van der Waals surface area contributed by atoms with Crippen LogP contribution in [-0.4, -0.2) is 44.4 Å². The molecule has 0 saturated carbocycles. The summed E-state index contributed by atoms with van der Waals surface area (Å²) in [6.45, 7) is 6.40. The number of fused-ring (bicyclic) bond motifs is 1. The number of hydrogen-bond acceptors (Lipinski definition) is 4. The van der Waals surface area contributed by atoms with Crippen molar-refractivity contribution < 1.29 is 14.0 Å². The summed E-state index contributed by atoms with van der Waals surface area (Å²) in [5.74, 6) is 0.300. The van der Waals surface area contributed by atoms with E-state index in [9.17, 15) is 14.0 Å². The Balaban J connectivity index is 1.83. The number of aryl methyl sites for hydroxylation is 1. The molecule has 154 valence electrons. The van der Waals surface area contributed by atoms with Gasteiger partial charge in [0.05, 0.1) is 6.54 Å². The molecule has 1 aliphatic rings. The van der Waals surface area contributed by atoms with Gasteiger partial charge in [-0.2, -0.15) is 0 Å². The largest absolute Gasteiger partial charge is 0.364 e. The van der Waals surface area contributed by atoms with Crippen molar-refractivity contribution in [3.63, 3.8) is 0 Å². The number of halogens is 1. The molecule has 2 aromatic heterocycles. The van der Waals surface area contributed by atoms with Crippen LogP contribution in [0.2, 0.25) is 0 Å². The van der Waals surface area contributed by atoms with Gasteiger partial charge in [-0.25, -0.2) is 14.2 Å². The molecule has 8 nitrogen and oxygen atoms in total. The molecule has 9 heteroatoms. The second-order valence-electron chi connectivity index (χ2n) is 7.79. The zero-order valence-corrected chi connectivity index (χ0v) is 16.7. The molecule has 3 atom stereocenters. The van der Waals surface area contributed by atoms with Crippen LogP contribution < -0.4 is 16.1 Å². The van der Waals surface area contributed by atoms with Gasteiger partial charge in [-0.15, -0.1) is 0 Å². The highest BCUT2D eigenvalue weighted by Crippen LogP contribution is 2.16. The molecular formula is C20H25FN5O3+. The molecule has 2 N–H and O–H groups in total. The van der Waals surface area contributed by atoms with Gasteiger partial charge in [0.2, 0.25) is 0 Å². The smallest absolute Gasteiger partial charge is 0.329 e. The molecule has 1 aliphatic heterocycles. The molecule has 0 aliphatic carbocycles. The Morgan fingerprint density at radius 1 is 1.24 bits per heavy atom. The molecule has 4 rings (SSSR count). The highest BCUT2D eigenvalue weighted by molar-refractivity contribution is 5.71. The number of morpholine rings is 1. The van der Waals surface area contributed by atoms with Crippen LogP contribution in [0.5, 0.6) is 0 Å². The molecule has 0 radical (unpaired) electrons. The fourth-order valence-electron chi connectivity index (χ4n) is 4.14. The SMILES string of the molecule is C[C@@H]1C[NH+](Cc2nc3c(c(=O)[nH]c(=O)n3C)n2Cc2ccccc2F)C[C@H](C)O1. The lowest BCUT2D eigenvalue weighted by atomic mass is 10.2. The lowest BCUT2D eigenvalue weighted by Gasteiger charge is -2.32. The first-order valence-corrected chi connectivity index (χ1v) is 9.74. The normalized spacial score (nSPS) is 22.3. The third kappa shape index (κ3) is 3.75. The predicted molar refractivity (Wildman–Crippen MR) is 106 cm³/mol. The minimum absolute atomic E-state index is 0.117. The van der Waals surface area contributed by atoms with E-state index in [0.29, 0.717) is 23.6 Å². The Labute approximate surface area is 166 Å². The minimum atomic E-state index is -0.523. The summed E-state index contributed by atoms with van der Waals surface area (Å²) in [4.78, 5) is 32.9. The Kier molecular flexibility index (Phi) is 5.10. The van der Waals surface area contributed by atoms with Crippen LogP contribution in [0.1, 0.15) is 25.2 Å². The number of H-pyrrole nitrogens is 1. The molecular weight excluding hydrogens is 377 g/mol. The maximum absolute atomic E-state index is 14.3. The fourth-order valence-corrected chi connectivity index (χ4v) is 4.14. The number of imidazole rings is 1. The quantitative estimate of drug-likeness (QED) is 0.633. The molecule has 0 spiro atoms. The van der Waals surface area contributed by atoms with E-state index in [1.807, 2.05) is 13.8 Å². The molecule has 1 unspecified atom stereocenters. The van der Waals surface area contributed by atoms with Crippen LogP contribution in [0.4, 0.5) is 4.39 Å². The number of rotatable bonds is 4. The van der Waals surface area contributed by atoms with Gasteiger partial charge >= 0.3 is 5.69 Å². The van der Waals surface area contributed by atoms with Crippen molar-refractivity contribution in [2.45, 2.75) is 39.1 Å². The standard InChI is InChI=1S/C20H24FN5O3/c1-12-8-25(9-13(2)29-12)11-16-22-18-17(19(27)23-20(28)24(18)3)26(16)10-14-6-4-5-7-15(14)21/h4-7,12-13H,8-11H2,1-3H3,(H,23,27,28)/p+1/t12-,13+. The molecule has 0 amide bonds. The molecule has 0 bridgehead atoms. The van der Waals surface area contributed by atoms with Crippen molar-refractivity contribution in [1.82, 2.24) is 19.1 Å². The maximum Gasteiger partial charge on any atom is 0.329 e. The average molecular weight is 402 g/mol. The van der Waals surface area contributed by atoms with Crippen LogP contribution >= 0.6 is 0 Å². The number of quaternary nitrogens is 1. The van der Waals surface area contributed by atoms with E-state index < -0.39 is 11.2 Å². The number of nitrogens with one attached hydrogen (secondary N) is 2. The van der Waals surface area contributed by atoms with Crippen LogP contribution in [0, 0.1) is 5.82 Å². The van der Waals surface area contributed by atoms with E-state index in [4.69, 9.17) is 4.74 Å². The van der Waals surface area contributed by atoms with E-state index >= 15 is 0 Å². The Hall–Kier alpha value is -2.78. The molecule has 3 heterocycles. The first kappa shape index (κ1) is 19.5. The predicted octanol–water partition coefficient (Wildman–Crippen LogP) is -0.197. The number of aromatic amines is 1. The second kappa shape index (κ2) is 7.57. The summed E-state index contributed by atoms with van der Waals surface area (Å²) >= 11 is 0. The van der Waals surface area contributed by atoms with Gasteiger partial charge < -0.3 is 14.2 Å². The van der Waals surface area contributed by atoms with Gasteiger partial charge in [0.15, 0.2) is 17.0 Å². The van der Waals surface area contributed by atoms with Crippen molar-refractivity contribution >= 4 is 11.2 Å². The second-order valence-corrected chi connectivity index (χ2v) is 7.79. The lowest BCUT2D eigenvalue weighted by molar-refractivity contribution is -0.929. The van der Waals surface area contributed by atoms with Crippen LogP contribution in [0.15, 0.2) is 33.9 Å². The van der Waals surface area contributed by atoms with Crippen LogP contribution in [0.3, 0.4) is 0 Å². The summed E-state index contributed by atoms with van der Waals surface area (Å²) in [6, 6.07) is 6.47. The third-order valence-corrected chi connectivity index (χ3v) is 5.40. The van der Waals surface area contributed by atoms with Crippen LogP contribution in [-0.2, 0) is 24.9 Å². The summed E-state index contributed by atoms with van der Waals surface area (Å²) in [7, 11) is 1.57. The maximum atomic E-state index is 14.3. The average Bonchev–Trinajstić information content (AvgIpc) is 2.99. The number of aromatic nitrogens is 4. The summed E-state index contributed by atoms with van der Waals surface area (Å²) in [6.07, 6.45) is 0.233. The van der Waals surface area contributed by atoms with Crippen LogP contribution in [0.25, 0.3) is 11.2 Å². The molecule has 1 aromatic carbocycles. The van der Waals surface area contributed by atoms with Gasteiger partial charge in [-0.3, -0.25) is 14.3 Å². The van der Waals surface area contributed by atoms with Gasteiger partial charge in [0.25, 0.3) is 5.56 Å². The van der Waals surface area contributed by atoms with Crippen molar-refractivity contribution in [2.24, 2.45) is 7.05 Å². The molecule has 1 saturated heterocycles. The number of benzene rings is 1. The monoisotopic (exact) mass is 402 g/mol. The number of ether oxygens (including phenoxy) is 1. The van der Waals surface area contributed by atoms with E-state index in [-0.39, 0.29) is 30.1 Å². The Morgan fingerprint density at radius 2 is 1.93 bits per heavy atom. The summed E-state index contributed by atoms with van der Waals surface area (Å²) < 4.78 is 23.2. The first-order valence-electron chi connectivity index (χ1n) is 9.74. The third-order valence-electron chi connectivity index (χ3n) is 5.40. The van der Waals surface area contributed by atoms with E-state index in [2.05, 4.69) is 9.97 Å². The zero-order chi connectivity index (χ0) is 20.7. The number of nitrogens with zero attached hydrogens (tertiary/aromatic N) is 3. The van der Waals surface area contributed by atoms with Crippen molar-refractivity contribution in [1.29, 1.82) is 0 Å². The zero-order valence-electron chi connectivity index (χ0n) is 16.7. The first-order chi connectivity index (χ1) is 13.8. The van der Waals surface area contributed by atoms with Crippen molar-refractivity contribution in [3.05, 3.63) is 62.3 Å². The van der Waals surface area contributed by atoms with Crippen molar-refractivity contribution in [2.75, 3.05) is 13.1 Å². The van der Waals surface area contributed by atoms with E-state index in [0.717, 1.165) is 13.1 Å². The van der Waals surface area contributed by atoms with Crippen molar-refractivity contribution in [3.8, 4) is 0 Å². The van der Waals surface area contributed by atoms with E-state index in [1.54, 1.807) is 29.8 Å².